The Labute approximate surface area is 175 Å². The molecule has 0 aromatic heterocycles. The van der Waals surface area contributed by atoms with E-state index in [0.717, 1.165) is 23.9 Å². The molecular weight excluding hydrogens is 393 g/mol. The number of thioether (sulfide) groups is 1. The van der Waals surface area contributed by atoms with E-state index in [1.54, 1.807) is 0 Å². The maximum atomic E-state index is 6.50. The largest absolute Gasteiger partial charge is 0.301 e. The van der Waals surface area contributed by atoms with Crippen molar-refractivity contribution in [3.63, 3.8) is 0 Å². The van der Waals surface area contributed by atoms with E-state index in [9.17, 15) is 0 Å². The average Bonchev–Trinajstić information content (AvgIpc) is 2.67. The van der Waals surface area contributed by atoms with Crippen molar-refractivity contribution in [1.82, 2.24) is 4.90 Å². The second-order valence-electron chi connectivity index (χ2n) is 7.05. The number of hydrogen-bond donors (Lipinski definition) is 0. The van der Waals surface area contributed by atoms with E-state index in [-0.39, 0.29) is 5.92 Å². The lowest BCUT2D eigenvalue weighted by atomic mass is 9.85. The molecule has 0 saturated carbocycles. The van der Waals surface area contributed by atoms with Crippen LogP contribution in [0.2, 0.25) is 10.0 Å². The van der Waals surface area contributed by atoms with Gasteiger partial charge in [0.1, 0.15) is 0 Å². The van der Waals surface area contributed by atoms with Gasteiger partial charge in [0.2, 0.25) is 0 Å². The Kier molecular flexibility index (Phi) is 5.79. The van der Waals surface area contributed by atoms with Crippen LogP contribution in [0.15, 0.2) is 71.6 Å². The molecule has 27 heavy (non-hydrogen) atoms. The van der Waals surface area contributed by atoms with Gasteiger partial charge in [-0.05, 0) is 53.6 Å². The molecule has 1 atom stereocenters. The molecule has 3 aromatic rings. The van der Waals surface area contributed by atoms with Crippen LogP contribution in [0, 0.1) is 0 Å². The molecule has 0 saturated heterocycles. The number of rotatable bonds is 4. The zero-order valence-corrected chi connectivity index (χ0v) is 17.5. The van der Waals surface area contributed by atoms with Crippen LogP contribution in [-0.2, 0) is 12.3 Å². The van der Waals surface area contributed by atoms with Crippen LogP contribution in [0.4, 0.5) is 0 Å². The minimum atomic E-state index is 0.284. The lowest BCUT2D eigenvalue weighted by molar-refractivity contribution is 0.295. The van der Waals surface area contributed by atoms with Crippen molar-refractivity contribution in [3.05, 3.63) is 99.0 Å². The molecule has 0 fully saturated rings. The number of nitrogens with zero attached hydrogens (tertiary/aromatic N) is 1. The highest BCUT2D eigenvalue weighted by atomic mass is 35.5. The van der Waals surface area contributed by atoms with Crippen molar-refractivity contribution in [2.45, 2.75) is 23.1 Å². The summed E-state index contributed by atoms with van der Waals surface area (Å²) in [6.45, 7) is 1.83. The van der Waals surface area contributed by atoms with Crippen LogP contribution in [-0.4, -0.2) is 18.5 Å². The molecular formula is C23H21Cl2NS. The number of halogens is 2. The highest BCUT2D eigenvalue weighted by Gasteiger charge is 2.27. The predicted octanol–water partition coefficient (Wildman–Crippen LogP) is 6.86. The third-order valence-corrected chi connectivity index (χ3v) is 6.62. The van der Waals surface area contributed by atoms with E-state index in [1.165, 1.54) is 27.1 Å². The summed E-state index contributed by atoms with van der Waals surface area (Å²) in [5, 5.41) is 1.48. The molecule has 3 aromatic carbocycles. The smallest absolute Gasteiger partial charge is 0.0468 e. The Morgan fingerprint density at radius 2 is 1.81 bits per heavy atom. The Balaban J connectivity index is 1.62. The summed E-state index contributed by atoms with van der Waals surface area (Å²) < 4.78 is 0. The first kappa shape index (κ1) is 18.9. The van der Waals surface area contributed by atoms with Gasteiger partial charge in [0.25, 0.3) is 0 Å². The first-order chi connectivity index (χ1) is 13.1. The molecule has 1 nitrogen and oxygen atoms in total. The number of hydrogen-bond acceptors (Lipinski definition) is 2. The van der Waals surface area contributed by atoms with Crippen LogP contribution >= 0.6 is 35.0 Å². The first-order valence-electron chi connectivity index (χ1n) is 9.03. The Bertz CT molecular complexity index is 942. The number of likely N-dealkylation sites (N-methyl/N-ethyl adjacent to an activating group) is 1. The molecule has 0 unspecified atom stereocenters. The Morgan fingerprint density at radius 1 is 1.00 bits per heavy atom. The van der Waals surface area contributed by atoms with Gasteiger partial charge < -0.3 is 4.90 Å². The van der Waals surface area contributed by atoms with Gasteiger partial charge in [-0.15, -0.1) is 11.8 Å². The summed E-state index contributed by atoms with van der Waals surface area (Å²) in [7, 11) is 2.15. The van der Waals surface area contributed by atoms with Gasteiger partial charge in [-0.1, -0.05) is 65.7 Å². The van der Waals surface area contributed by atoms with E-state index < -0.39 is 0 Å². The van der Waals surface area contributed by atoms with E-state index in [2.05, 4.69) is 72.6 Å². The monoisotopic (exact) mass is 413 g/mol. The molecule has 0 aliphatic carbocycles. The van der Waals surface area contributed by atoms with Gasteiger partial charge in [-0.2, -0.15) is 0 Å². The summed E-state index contributed by atoms with van der Waals surface area (Å²) in [4.78, 5) is 3.62. The van der Waals surface area contributed by atoms with Crippen LogP contribution < -0.4 is 0 Å². The van der Waals surface area contributed by atoms with Crippen molar-refractivity contribution in [3.8, 4) is 0 Å². The summed E-state index contributed by atoms with van der Waals surface area (Å²) >= 11 is 14.7. The third kappa shape index (κ3) is 4.35. The van der Waals surface area contributed by atoms with Gasteiger partial charge in [-0.3, -0.25) is 0 Å². The van der Waals surface area contributed by atoms with Crippen molar-refractivity contribution in [2.24, 2.45) is 0 Å². The van der Waals surface area contributed by atoms with E-state index in [1.807, 2.05) is 17.8 Å². The molecule has 1 heterocycles. The van der Waals surface area contributed by atoms with Crippen LogP contribution in [0.3, 0.4) is 0 Å². The molecule has 4 rings (SSSR count). The topological polar surface area (TPSA) is 3.24 Å². The molecule has 0 bridgehead atoms. The first-order valence-corrected chi connectivity index (χ1v) is 10.8. The fourth-order valence-corrected chi connectivity index (χ4v) is 5.18. The van der Waals surface area contributed by atoms with Gasteiger partial charge in [-0.25, -0.2) is 0 Å². The third-order valence-electron chi connectivity index (χ3n) is 5.00. The van der Waals surface area contributed by atoms with Crippen molar-refractivity contribution >= 4 is 35.0 Å². The predicted molar refractivity (Wildman–Crippen MR) is 117 cm³/mol. The maximum Gasteiger partial charge on any atom is 0.0468 e. The minimum Gasteiger partial charge on any atom is -0.301 e. The lowest BCUT2D eigenvalue weighted by Crippen LogP contribution is -2.31. The van der Waals surface area contributed by atoms with Gasteiger partial charge in [0.15, 0.2) is 0 Å². The van der Waals surface area contributed by atoms with Crippen LogP contribution in [0.5, 0.6) is 0 Å². The lowest BCUT2D eigenvalue weighted by Gasteiger charge is -2.33. The summed E-state index contributed by atoms with van der Waals surface area (Å²) in [6, 6.07) is 23.4. The standard InChI is InChI=1S/C23H21Cl2NS/c1-26-13-21(20-11-18(24)12-23(25)22(20)14-26)17-8-5-9-19(10-17)27-15-16-6-3-2-4-7-16/h2-12,21H,13-15H2,1H3/t21-/m0/s1. The average molecular weight is 414 g/mol. The van der Waals surface area contributed by atoms with E-state index >= 15 is 0 Å². The van der Waals surface area contributed by atoms with Gasteiger partial charge in [0.05, 0.1) is 0 Å². The van der Waals surface area contributed by atoms with E-state index in [4.69, 9.17) is 23.2 Å². The molecule has 1 aliphatic heterocycles. The normalized spacial score (nSPS) is 16.9. The highest BCUT2D eigenvalue weighted by Crippen LogP contribution is 2.39. The van der Waals surface area contributed by atoms with Gasteiger partial charge >= 0.3 is 0 Å². The molecule has 4 heteroatoms. The summed E-state index contributed by atoms with van der Waals surface area (Å²) in [6.07, 6.45) is 0. The summed E-state index contributed by atoms with van der Waals surface area (Å²) in [5.41, 5.74) is 5.12. The quantitative estimate of drug-likeness (QED) is 0.429. The fourth-order valence-electron chi connectivity index (χ4n) is 3.69. The van der Waals surface area contributed by atoms with Crippen molar-refractivity contribution in [2.75, 3.05) is 13.6 Å². The minimum absolute atomic E-state index is 0.284. The van der Waals surface area contributed by atoms with Gasteiger partial charge in [0, 0.05) is 39.7 Å². The molecule has 0 N–H and O–H groups in total. The highest BCUT2D eigenvalue weighted by molar-refractivity contribution is 7.98. The fraction of sp³-hybridized carbons (Fsp3) is 0.217. The van der Waals surface area contributed by atoms with E-state index in [0.29, 0.717) is 5.02 Å². The number of fused-ring (bicyclic) bond motifs is 1. The maximum absolute atomic E-state index is 6.50. The second-order valence-corrected chi connectivity index (χ2v) is 8.94. The zero-order chi connectivity index (χ0) is 18.8. The van der Waals surface area contributed by atoms with Crippen molar-refractivity contribution < 1.29 is 0 Å². The number of benzene rings is 3. The molecule has 0 amide bonds. The Morgan fingerprint density at radius 3 is 2.63 bits per heavy atom. The Hall–Kier alpha value is -1.45. The SMILES string of the molecule is CN1Cc2c(Cl)cc(Cl)cc2[C@H](c2cccc(SCc3ccccc3)c2)C1. The van der Waals surface area contributed by atoms with Crippen molar-refractivity contribution in [1.29, 1.82) is 0 Å². The molecule has 0 spiro atoms. The molecule has 1 aliphatic rings. The van der Waals surface area contributed by atoms with Crippen LogP contribution in [0.1, 0.15) is 28.2 Å². The van der Waals surface area contributed by atoms with Crippen LogP contribution in [0.25, 0.3) is 0 Å². The molecule has 0 radical (unpaired) electrons. The summed E-state index contributed by atoms with van der Waals surface area (Å²) in [5.74, 6) is 1.26. The zero-order valence-electron chi connectivity index (χ0n) is 15.2. The molecule has 138 valence electrons. The second kappa shape index (κ2) is 8.28.